The fraction of sp³-hybridized carbons (Fsp3) is 0.515. The molecular weight excluding hydrogens is 528 g/mol. The number of carbonyl (C=O) groups is 4. The van der Waals surface area contributed by atoms with Gasteiger partial charge >= 0.3 is 11.9 Å². The van der Waals surface area contributed by atoms with Gasteiger partial charge in [0.15, 0.2) is 11.9 Å². The van der Waals surface area contributed by atoms with E-state index in [4.69, 9.17) is 16.3 Å². The van der Waals surface area contributed by atoms with Crippen LogP contribution in [0.15, 0.2) is 48.5 Å². The van der Waals surface area contributed by atoms with E-state index in [1.807, 2.05) is 38.1 Å². The summed E-state index contributed by atoms with van der Waals surface area (Å²) in [6.07, 6.45) is 1.95. The molecule has 40 heavy (non-hydrogen) atoms. The lowest BCUT2D eigenvalue weighted by molar-refractivity contribution is -0.164. The SMILES string of the molecule is CC.CC(C)(CC(C)(C)C(=O)OC1C(=O)c2ccccc2C(=O)[C@@H]1C1CCC(c2ccc(Cl)cc2)CC1)C(=O)O. The molecule has 1 saturated carbocycles. The van der Waals surface area contributed by atoms with Crippen LogP contribution < -0.4 is 0 Å². The van der Waals surface area contributed by atoms with E-state index in [-0.39, 0.29) is 29.5 Å². The number of rotatable bonds is 7. The Hall–Kier alpha value is -2.99. The molecule has 0 radical (unpaired) electrons. The summed E-state index contributed by atoms with van der Waals surface area (Å²) in [5.41, 5.74) is -0.485. The molecule has 4 rings (SSSR count). The van der Waals surface area contributed by atoms with Gasteiger partial charge in [0.2, 0.25) is 5.78 Å². The highest BCUT2D eigenvalue weighted by Gasteiger charge is 2.50. The van der Waals surface area contributed by atoms with E-state index < -0.39 is 34.8 Å². The average Bonchev–Trinajstić information content (AvgIpc) is 2.93. The lowest BCUT2D eigenvalue weighted by Crippen LogP contribution is -2.49. The number of ketones is 2. The number of esters is 1. The molecule has 2 aromatic carbocycles. The number of Topliss-reactive ketones (excluding diaryl/α,β-unsaturated/α-hetero) is 2. The first-order chi connectivity index (χ1) is 18.8. The number of carboxylic acid groups (broad SMARTS) is 1. The molecule has 1 fully saturated rings. The van der Waals surface area contributed by atoms with Crippen LogP contribution in [-0.2, 0) is 14.3 Å². The van der Waals surface area contributed by atoms with Crippen LogP contribution in [0.25, 0.3) is 0 Å². The number of fused-ring (bicyclic) bond motifs is 1. The summed E-state index contributed by atoms with van der Waals surface area (Å²) in [6, 6.07) is 14.5. The van der Waals surface area contributed by atoms with Crippen LogP contribution in [0.4, 0.5) is 0 Å². The molecule has 0 bridgehead atoms. The first kappa shape index (κ1) is 31.5. The van der Waals surface area contributed by atoms with Gasteiger partial charge in [-0.15, -0.1) is 0 Å². The molecule has 2 aromatic rings. The van der Waals surface area contributed by atoms with Gasteiger partial charge in [0.1, 0.15) is 0 Å². The summed E-state index contributed by atoms with van der Waals surface area (Å²) in [6.45, 7) is 10.3. The summed E-state index contributed by atoms with van der Waals surface area (Å²) >= 11 is 6.05. The van der Waals surface area contributed by atoms with Crippen molar-refractivity contribution in [3.05, 3.63) is 70.2 Å². The standard InChI is InChI=1S/C31H35ClO6.C2H6/c1-30(2,28(35)36)17-31(3,4)29(37)38-27-24(25(33)22-7-5-6-8-23(22)26(27)34)20-11-9-18(10-12-20)19-13-15-21(32)16-14-19;1-2/h5-8,13-16,18,20,24,27H,9-12,17H2,1-4H3,(H,35,36);1-2H3/t18?,20?,24-,27?;/m0./s1. The van der Waals surface area contributed by atoms with Crippen LogP contribution in [0.5, 0.6) is 0 Å². The molecule has 1 unspecified atom stereocenters. The van der Waals surface area contributed by atoms with Crippen molar-refractivity contribution in [3.8, 4) is 0 Å². The predicted octanol–water partition coefficient (Wildman–Crippen LogP) is 7.77. The Bertz CT molecular complexity index is 1240. The van der Waals surface area contributed by atoms with Crippen molar-refractivity contribution in [1.29, 1.82) is 0 Å². The monoisotopic (exact) mass is 568 g/mol. The number of carboxylic acids is 1. The highest BCUT2D eigenvalue weighted by molar-refractivity contribution is 6.30. The second kappa shape index (κ2) is 12.7. The van der Waals surface area contributed by atoms with Crippen molar-refractivity contribution in [2.45, 2.75) is 85.7 Å². The normalized spacial score (nSPS) is 23.0. The maximum atomic E-state index is 13.8. The minimum atomic E-state index is -1.23. The maximum absolute atomic E-state index is 13.8. The molecule has 0 aliphatic heterocycles. The second-order valence-electron chi connectivity index (χ2n) is 12.0. The molecule has 6 nitrogen and oxygen atoms in total. The lowest BCUT2D eigenvalue weighted by Gasteiger charge is -2.40. The minimum Gasteiger partial charge on any atom is -0.481 e. The summed E-state index contributed by atoms with van der Waals surface area (Å²) in [7, 11) is 0. The molecule has 0 saturated heterocycles. The molecule has 2 aliphatic rings. The van der Waals surface area contributed by atoms with Gasteiger partial charge < -0.3 is 9.84 Å². The third kappa shape index (κ3) is 6.65. The van der Waals surface area contributed by atoms with Gasteiger partial charge in [-0.05, 0) is 89.3 Å². The van der Waals surface area contributed by atoms with E-state index >= 15 is 0 Å². The number of hydrogen-bond donors (Lipinski definition) is 1. The second-order valence-corrected chi connectivity index (χ2v) is 12.5. The molecule has 1 N–H and O–H groups in total. The van der Waals surface area contributed by atoms with Crippen molar-refractivity contribution < 1.29 is 29.0 Å². The molecule has 7 heteroatoms. The molecule has 0 spiro atoms. The van der Waals surface area contributed by atoms with E-state index in [1.54, 1.807) is 52.0 Å². The Morgan fingerprint density at radius 1 is 0.850 bits per heavy atom. The van der Waals surface area contributed by atoms with Crippen LogP contribution in [0.1, 0.15) is 106 Å². The van der Waals surface area contributed by atoms with Crippen molar-refractivity contribution in [3.63, 3.8) is 0 Å². The quantitative estimate of drug-likeness (QED) is 0.342. The number of hydrogen-bond acceptors (Lipinski definition) is 5. The van der Waals surface area contributed by atoms with Gasteiger partial charge in [0, 0.05) is 16.1 Å². The third-order valence-electron chi connectivity index (χ3n) is 8.22. The van der Waals surface area contributed by atoms with Gasteiger partial charge in [-0.3, -0.25) is 19.2 Å². The van der Waals surface area contributed by atoms with Gasteiger partial charge in [-0.25, -0.2) is 0 Å². The number of benzene rings is 2. The summed E-state index contributed by atoms with van der Waals surface area (Å²) < 4.78 is 5.89. The van der Waals surface area contributed by atoms with E-state index in [2.05, 4.69) is 0 Å². The van der Waals surface area contributed by atoms with Crippen LogP contribution in [-0.4, -0.2) is 34.7 Å². The van der Waals surface area contributed by atoms with Crippen LogP contribution in [0.3, 0.4) is 0 Å². The molecule has 2 aliphatic carbocycles. The van der Waals surface area contributed by atoms with Gasteiger partial charge in [0.05, 0.1) is 16.7 Å². The number of aliphatic carboxylic acids is 1. The first-order valence-corrected chi connectivity index (χ1v) is 14.6. The van der Waals surface area contributed by atoms with E-state index in [9.17, 15) is 24.3 Å². The average molecular weight is 569 g/mol. The summed E-state index contributed by atoms with van der Waals surface area (Å²) in [4.78, 5) is 52.5. The fourth-order valence-electron chi connectivity index (χ4n) is 6.21. The molecule has 216 valence electrons. The van der Waals surface area contributed by atoms with E-state index in [0.717, 1.165) is 25.7 Å². The molecule has 0 aromatic heterocycles. The summed E-state index contributed by atoms with van der Waals surface area (Å²) in [5, 5.41) is 10.3. The molecule has 0 amide bonds. The van der Waals surface area contributed by atoms with Crippen molar-refractivity contribution >= 4 is 35.1 Å². The fourth-order valence-corrected chi connectivity index (χ4v) is 6.33. The van der Waals surface area contributed by atoms with Gasteiger partial charge in [-0.2, -0.15) is 0 Å². The highest BCUT2D eigenvalue weighted by atomic mass is 35.5. The Kier molecular flexibility index (Phi) is 9.99. The Morgan fingerprint density at radius 2 is 1.38 bits per heavy atom. The van der Waals surface area contributed by atoms with Gasteiger partial charge in [0.25, 0.3) is 0 Å². The first-order valence-electron chi connectivity index (χ1n) is 14.2. The Balaban J connectivity index is 0.00000216. The summed E-state index contributed by atoms with van der Waals surface area (Å²) in [5.74, 6) is -2.77. The van der Waals surface area contributed by atoms with E-state index in [0.29, 0.717) is 16.5 Å². The lowest BCUT2D eigenvalue weighted by atomic mass is 9.66. The van der Waals surface area contributed by atoms with Crippen molar-refractivity contribution in [2.75, 3.05) is 0 Å². The molecule has 0 heterocycles. The van der Waals surface area contributed by atoms with E-state index in [1.165, 1.54) is 5.56 Å². The maximum Gasteiger partial charge on any atom is 0.312 e. The Labute approximate surface area is 242 Å². The zero-order valence-electron chi connectivity index (χ0n) is 24.3. The van der Waals surface area contributed by atoms with Crippen LogP contribution in [0, 0.1) is 22.7 Å². The third-order valence-corrected chi connectivity index (χ3v) is 8.47. The minimum absolute atomic E-state index is 0.0243. The molecular formula is C33H41ClO6. The topological polar surface area (TPSA) is 97.7 Å². The predicted molar refractivity (Wildman–Crippen MR) is 156 cm³/mol. The van der Waals surface area contributed by atoms with Crippen LogP contribution in [0.2, 0.25) is 5.02 Å². The van der Waals surface area contributed by atoms with Crippen molar-refractivity contribution in [1.82, 2.24) is 0 Å². The van der Waals surface area contributed by atoms with Crippen LogP contribution >= 0.6 is 11.6 Å². The molecule has 2 atom stereocenters. The highest BCUT2D eigenvalue weighted by Crippen LogP contribution is 2.44. The smallest absolute Gasteiger partial charge is 0.312 e. The number of ether oxygens (including phenoxy) is 1. The van der Waals surface area contributed by atoms with Gasteiger partial charge in [-0.1, -0.05) is 61.8 Å². The number of halogens is 1. The number of carbonyl (C=O) groups excluding carboxylic acids is 3. The Morgan fingerprint density at radius 3 is 1.90 bits per heavy atom. The zero-order chi connectivity index (χ0) is 29.8. The van der Waals surface area contributed by atoms with Crippen molar-refractivity contribution in [2.24, 2.45) is 22.7 Å². The zero-order valence-corrected chi connectivity index (χ0v) is 25.1. The largest absolute Gasteiger partial charge is 0.481 e.